The van der Waals surface area contributed by atoms with E-state index in [1.807, 2.05) is 6.07 Å². The summed E-state index contributed by atoms with van der Waals surface area (Å²) in [6.45, 7) is 4.49. The maximum absolute atomic E-state index is 5.95. The van der Waals surface area contributed by atoms with E-state index in [2.05, 4.69) is 36.5 Å². The van der Waals surface area contributed by atoms with Crippen LogP contribution in [0.4, 0.5) is 0 Å². The minimum Gasteiger partial charge on any atom is -0.381 e. The predicted molar refractivity (Wildman–Crippen MR) is 69.8 cm³/mol. The van der Waals surface area contributed by atoms with Gasteiger partial charge < -0.3 is 15.8 Å². The molecule has 0 unspecified atom stereocenters. The summed E-state index contributed by atoms with van der Waals surface area (Å²) in [6.07, 6.45) is 2.00. The van der Waals surface area contributed by atoms with Gasteiger partial charge >= 0.3 is 0 Å². The highest BCUT2D eigenvalue weighted by Gasteiger charge is 2.32. The van der Waals surface area contributed by atoms with Crippen molar-refractivity contribution in [2.24, 2.45) is 5.73 Å². The lowest BCUT2D eigenvalue weighted by molar-refractivity contribution is 0.0373. The van der Waals surface area contributed by atoms with Gasteiger partial charge in [0.2, 0.25) is 0 Å². The number of hydrogen-bond acceptors (Lipinski definition) is 3. The number of rotatable bonds is 4. The number of nitrogens with one attached hydrogen (secondary N) is 1. The van der Waals surface area contributed by atoms with Crippen molar-refractivity contribution >= 4 is 0 Å². The first-order chi connectivity index (χ1) is 8.26. The maximum atomic E-state index is 5.95. The van der Waals surface area contributed by atoms with Crippen LogP contribution in [-0.4, -0.2) is 25.3 Å². The first-order valence-corrected chi connectivity index (χ1v) is 6.36. The molecule has 0 bridgehead atoms. The van der Waals surface area contributed by atoms with E-state index in [4.69, 9.17) is 10.5 Å². The topological polar surface area (TPSA) is 47.3 Å². The fourth-order valence-electron chi connectivity index (χ4n) is 2.45. The largest absolute Gasteiger partial charge is 0.381 e. The van der Waals surface area contributed by atoms with Gasteiger partial charge in [0.05, 0.1) is 0 Å². The van der Waals surface area contributed by atoms with Crippen LogP contribution in [0.15, 0.2) is 30.3 Å². The van der Waals surface area contributed by atoms with Crippen molar-refractivity contribution in [1.82, 2.24) is 5.32 Å². The van der Waals surface area contributed by atoms with E-state index in [-0.39, 0.29) is 5.54 Å². The molecule has 3 N–H and O–H groups in total. The summed E-state index contributed by atoms with van der Waals surface area (Å²) in [7, 11) is 0. The van der Waals surface area contributed by atoms with Crippen LogP contribution in [0.1, 0.15) is 31.4 Å². The average Bonchev–Trinajstić information content (AvgIpc) is 2.41. The van der Waals surface area contributed by atoms with Crippen LogP contribution >= 0.6 is 0 Å². The third-order valence-corrected chi connectivity index (χ3v) is 3.66. The second-order valence-electron chi connectivity index (χ2n) is 4.87. The SMILES string of the molecule is C[C@@H](NC1(CN)CCOCC1)c1ccccc1. The summed E-state index contributed by atoms with van der Waals surface area (Å²) in [6, 6.07) is 10.8. The van der Waals surface area contributed by atoms with Gasteiger partial charge in [0.15, 0.2) is 0 Å². The van der Waals surface area contributed by atoms with Gasteiger partial charge in [0, 0.05) is 31.3 Å². The van der Waals surface area contributed by atoms with E-state index < -0.39 is 0 Å². The minimum atomic E-state index is 0.0491. The Kier molecular flexibility index (Phi) is 4.15. The number of nitrogens with two attached hydrogens (primary N) is 1. The molecule has 1 aromatic rings. The van der Waals surface area contributed by atoms with E-state index in [0.717, 1.165) is 26.1 Å². The Morgan fingerprint density at radius 1 is 1.29 bits per heavy atom. The van der Waals surface area contributed by atoms with Crippen molar-refractivity contribution in [3.63, 3.8) is 0 Å². The molecule has 0 aromatic heterocycles. The third-order valence-electron chi connectivity index (χ3n) is 3.66. The zero-order valence-electron chi connectivity index (χ0n) is 10.5. The van der Waals surface area contributed by atoms with Crippen LogP contribution in [0.2, 0.25) is 0 Å². The number of benzene rings is 1. The van der Waals surface area contributed by atoms with Gasteiger partial charge in [0.25, 0.3) is 0 Å². The highest BCUT2D eigenvalue weighted by Crippen LogP contribution is 2.24. The van der Waals surface area contributed by atoms with Crippen molar-refractivity contribution in [2.75, 3.05) is 19.8 Å². The Hall–Kier alpha value is -0.900. The van der Waals surface area contributed by atoms with Gasteiger partial charge in [-0.15, -0.1) is 0 Å². The van der Waals surface area contributed by atoms with E-state index in [0.29, 0.717) is 12.6 Å². The molecular formula is C14H22N2O. The third kappa shape index (κ3) is 3.06. The van der Waals surface area contributed by atoms with E-state index in [1.54, 1.807) is 0 Å². The molecule has 0 radical (unpaired) electrons. The smallest absolute Gasteiger partial charge is 0.0484 e. The Balaban J connectivity index is 2.03. The molecule has 0 spiro atoms. The van der Waals surface area contributed by atoms with Crippen molar-refractivity contribution in [3.8, 4) is 0 Å². The van der Waals surface area contributed by atoms with E-state index in [1.165, 1.54) is 5.56 Å². The maximum Gasteiger partial charge on any atom is 0.0484 e. The van der Waals surface area contributed by atoms with Crippen molar-refractivity contribution in [3.05, 3.63) is 35.9 Å². The molecule has 1 aliphatic heterocycles. The molecular weight excluding hydrogens is 212 g/mol. The van der Waals surface area contributed by atoms with Crippen LogP contribution < -0.4 is 11.1 Å². The molecule has 0 saturated carbocycles. The fraction of sp³-hybridized carbons (Fsp3) is 0.571. The standard InChI is InChI=1S/C14H22N2O/c1-12(13-5-3-2-4-6-13)16-14(11-15)7-9-17-10-8-14/h2-6,12,16H,7-11,15H2,1H3/t12-/m1/s1. The summed E-state index contributed by atoms with van der Waals surface area (Å²) >= 11 is 0. The van der Waals surface area contributed by atoms with Gasteiger partial charge in [-0.3, -0.25) is 0 Å². The van der Waals surface area contributed by atoms with Gasteiger partial charge in [-0.2, -0.15) is 0 Å². The molecule has 2 rings (SSSR count). The average molecular weight is 234 g/mol. The molecule has 3 heteroatoms. The van der Waals surface area contributed by atoms with Gasteiger partial charge in [-0.1, -0.05) is 30.3 Å². The normalized spacial score (nSPS) is 21.1. The molecule has 3 nitrogen and oxygen atoms in total. The first kappa shape index (κ1) is 12.6. The van der Waals surface area contributed by atoms with Crippen molar-refractivity contribution in [2.45, 2.75) is 31.3 Å². The molecule has 0 amide bonds. The van der Waals surface area contributed by atoms with Crippen LogP contribution in [0.25, 0.3) is 0 Å². The molecule has 94 valence electrons. The van der Waals surface area contributed by atoms with Gasteiger partial charge in [-0.25, -0.2) is 0 Å². The fourth-order valence-corrected chi connectivity index (χ4v) is 2.45. The summed E-state index contributed by atoms with van der Waals surface area (Å²) in [5.41, 5.74) is 7.31. The minimum absolute atomic E-state index is 0.0491. The molecule has 1 atom stereocenters. The monoisotopic (exact) mass is 234 g/mol. The zero-order valence-corrected chi connectivity index (χ0v) is 10.5. The molecule has 1 heterocycles. The van der Waals surface area contributed by atoms with Crippen molar-refractivity contribution in [1.29, 1.82) is 0 Å². The van der Waals surface area contributed by atoms with E-state index >= 15 is 0 Å². The van der Waals surface area contributed by atoms with Gasteiger partial charge in [0.1, 0.15) is 0 Å². The summed E-state index contributed by atoms with van der Waals surface area (Å²) in [5.74, 6) is 0. The zero-order chi connectivity index (χ0) is 12.1. The quantitative estimate of drug-likeness (QED) is 0.835. The van der Waals surface area contributed by atoms with E-state index in [9.17, 15) is 0 Å². The summed E-state index contributed by atoms with van der Waals surface area (Å²) < 4.78 is 5.42. The number of ether oxygens (including phenoxy) is 1. The Labute approximate surface area is 103 Å². The van der Waals surface area contributed by atoms with Crippen LogP contribution in [0, 0.1) is 0 Å². The summed E-state index contributed by atoms with van der Waals surface area (Å²) in [5, 5.41) is 3.69. The first-order valence-electron chi connectivity index (χ1n) is 6.36. The lowest BCUT2D eigenvalue weighted by Crippen LogP contribution is -2.55. The molecule has 17 heavy (non-hydrogen) atoms. The Bertz CT molecular complexity index is 333. The van der Waals surface area contributed by atoms with Crippen LogP contribution in [0.5, 0.6) is 0 Å². The summed E-state index contributed by atoms with van der Waals surface area (Å²) in [4.78, 5) is 0. The van der Waals surface area contributed by atoms with Crippen LogP contribution in [0.3, 0.4) is 0 Å². The number of hydrogen-bond donors (Lipinski definition) is 2. The Morgan fingerprint density at radius 2 is 1.94 bits per heavy atom. The highest BCUT2D eigenvalue weighted by atomic mass is 16.5. The molecule has 0 aliphatic carbocycles. The molecule has 1 saturated heterocycles. The molecule has 1 aliphatic rings. The predicted octanol–water partition coefficient (Wildman–Crippen LogP) is 1.85. The lowest BCUT2D eigenvalue weighted by Gasteiger charge is -2.39. The van der Waals surface area contributed by atoms with Gasteiger partial charge in [-0.05, 0) is 25.3 Å². The molecule has 1 fully saturated rings. The second-order valence-corrected chi connectivity index (χ2v) is 4.87. The second kappa shape index (κ2) is 5.63. The Morgan fingerprint density at radius 3 is 2.53 bits per heavy atom. The van der Waals surface area contributed by atoms with Crippen LogP contribution in [-0.2, 0) is 4.74 Å². The lowest BCUT2D eigenvalue weighted by atomic mass is 9.88. The van der Waals surface area contributed by atoms with Crippen molar-refractivity contribution < 1.29 is 4.74 Å². The highest BCUT2D eigenvalue weighted by molar-refractivity contribution is 5.19. The molecule has 1 aromatic carbocycles.